The molecule has 17 heavy (non-hydrogen) atoms. The molecule has 0 aromatic rings. The number of carbonyl (C=O) groups is 3. The van der Waals surface area contributed by atoms with E-state index in [4.69, 9.17) is 10.8 Å². The molecule has 7 nitrogen and oxygen atoms in total. The van der Waals surface area contributed by atoms with E-state index >= 15 is 0 Å². The van der Waals surface area contributed by atoms with Gasteiger partial charge in [0, 0.05) is 6.04 Å². The summed E-state index contributed by atoms with van der Waals surface area (Å²) in [6, 6.07) is -1.42. The molecule has 98 valence electrons. The first-order valence-electron chi connectivity index (χ1n) is 5.14. The molecule has 0 heterocycles. The summed E-state index contributed by atoms with van der Waals surface area (Å²) >= 11 is 0. The standard InChI is InChI=1S/C10H18N2O5/c1-6(2)12(5-9(15)17-3)10(16)7(11)4-8(13)14/h6-7H,4-5,11H2,1-3H3,(H,13,14). The number of carbonyl (C=O) groups excluding carboxylic acids is 2. The van der Waals surface area contributed by atoms with Crippen molar-refractivity contribution in [2.24, 2.45) is 5.73 Å². The number of carboxylic acid groups (broad SMARTS) is 1. The van der Waals surface area contributed by atoms with Crippen LogP contribution in [0.25, 0.3) is 0 Å². The van der Waals surface area contributed by atoms with E-state index < -0.39 is 30.3 Å². The van der Waals surface area contributed by atoms with Crippen LogP contribution in [0.3, 0.4) is 0 Å². The Morgan fingerprint density at radius 2 is 1.88 bits per heavy atom. The molecule has 0 aromatic carbocycles. The lowest BCUT2D eigenvalue weighted by Crippen LogP contribution is -2.49. The van der Waals surface area contributed by atoms with Gasteiger partial charge in [-0.3, -0.25) is 14.4 Å². The molecule has 0 aromatic heterocycles. The normalized spacial score (nSPS) is 12.1. The third kappa shape index (κ3) is 5.30. The average molecular weight is 246 g/mol. The van der Waals surface area contributed by atoms with Gasteiger partial charge >= 0.3 is 11.9 Å². The Labute approximate surface area is 99.5 Å². The Morgan fingerprint density at radius 3 is 2.24 bits per heavy atom. The number of methoxy groups -OCH3 is 1. The molecule has 1 atom stereocenters. The molecular weight excluding hydrogens is 228 g/mol. The number of ether oxygens (including phenoxy) is 1. The van der Waals surface area contributed by atoms with E-state index in [9.17, 15) is 14.4 Å². The number of hydrogen-bond acceptors (Lipinski definition) is 5. The van der Waals surface area contributed by atoms with E-state index in [0.29, 0.717) is 0 Å². The maximum Gasteiger partial charge on any atom is 0.325 e. The fourth-order valence-corrected chi connectivity index (χ4v) is 1.21. The highest BCUT2D eigenvalue weighted by Gasteiger charge is 2.26. The highest BCUT2D eigenvalue weighted by atomic mass is 16.5. The van der Waals surface area contributed by atoms with Crippen molar-refractivity contribution >= 4 is 17.8 Å². The second-order valence-corrected chi connectivity index (χ2v) is 3.84. The van der Waals surface area contributed by atoms with E-state index in [-0.39, 0.29) is 12.6 Å². The van der Waals surface area contributed by atoms with Crippen LogP contribution in [0.1, 0.15) is 20.3 Å². The van der Waals surface area contributed by atoms with Crippen molar-refractivity contribution in [2.45, 2.75) is 32.4 Å². The smallest absolute Gasteiger partial charge is 0.325 e. The number of nitrogens with two attached hydrogens (primary N) is 1. The van der Waals surface area contributed by atoms with Gasteiger partial charge in [-0.15, -0.1) is 0 Å². The molecule has 0 radical (unpaired) electrons. The number of esters is 1. The predicted octanol–water partition coefficient (Wildman–Crippen LogP) is -0.802. The molecule has 0 bridgehead atoms. The molecule has 0 aliphatic carbocycles. The molecule has 1 unspecified atom stereocenters. The number of carboxylic acids is 1. The van der Waals surface area contributed by atoms with Gasteiger partial charge in [-0.2, -0.15) is 0 Å². The summed E-state index contributed by atoms with van der Waals surface area (Å²) in [7, 11) is 1.21. The Bertz CT molecular complexity index is 303. The second kappa shape index (κ2) is 6.85. The van der Waals surface area contributed by atoms with Crippen molar-refractivity contribution in [3.05, 3.63) is 0 Å². The monoisotopic (exact) mass is 246 g/mol. The first-order chi connectivity index (χ1) is 7.79. The van der Waals surface area contributed by atoms with Crippen LogP contribution in [0.2, 0.25) is 0 Å². The van der Waals surface area contributed by atoms with Crippen LogP contribution in [0.4, 0.5) is 0 Å². The highest BCUT2D eigenvalue weighted by molar-refractivity contribution is 5.88. The lowest BCUT2D eigenvalue weighted by Gasteiger charge is -2.27. The van der Waals surface area contributed by atoms with Crippen molar-refractivity contribution in [2.75, 3.05) is 13.7 Å². The van der Waals surface area contributed by atoms with Gasteiger partial charge in [0.05, 0.1) is 19.6 Å². The van der Waals surface area contributed by atoms with E-state index in [1.807, 2.05) is 0 Å². The van der Waals surface area contributed by atoms with Gasteiger partial charge in [-0.05, 0) is 13.8 Å². The molecule has 3 N–H and O–H groups in total. The zero-order valence-corrected chi connectivity index (χ0v) is 10.2. The Hall–Kier alpha value is -1.63. The summed E-state index contributed by atoms with van der Waals surface area (Å²) in [5.41, 5.74) is 5.45. The fourth-order valence-electron chi connectivity index (χ4n) is 1.21. The quantitative estimate of drug-likeness (QED) is 0.593. The number of amides is 1. The van der Waals surface area contributed by atoms with Gasteiger partial charge in [0.1, 0.15) is 6.54 Å². The number of rotatable bonds is 6. The summed E-state index contributed by atoms with van der Waals surface area (Å²) in [6.45, 7) is 3.17. The molecule has 7 heteroatoms. The van der Waals surface area contributed by atoms with Gasteiger partial charge in [0.25, 0.3) is 0 Å². The van der Waals surface area contributed by atoms with Gasteiger partial charge in [-0.1, -0.05) is 0 Å². The molecular formula is C10H18N2O5. The van der Waals surface area contributed by atoms with Crippen LogP contribution in [-0.2, 0) is 19.1 Å². The van der Waals surface area contributed by atoms with E-state index in [2.05, 4.69) is 4.74 Å². The van der Waals surface area contributed by atoms with Crippen molar-refractivity contribution in [1.82, 2.24) is 4.90 Å². The average Bonchev–Trinajstić information content (AvgIpc) is 2.23. The van der Waals surface area contributed by atoms with Crippen molar-refractivity contribution in [3.63, 3.8) is 0 Å². The minimum Gasteiger partial charge on any atom is -0.481 e. The minimum atomic E-state index is -1.16. The lowest BCUT2D eigenvalue weighted by atomic mass is 10.1. The van der Waals surface area contributed by atoms with Crippen molar-refractivity contribution in [1.29, 1.82) is 0 Å². The number of hydrogen-bond donors (Lipinski definition) is 2. The highest BCUT2D eigenvalue weighted by Crippen LogP contribution is 2.04. The van der Waals surface area contributed by atoms with E-state index in [0.717, 1.165) is 0 Å². The van der Waals surface area contributed by atoms with E-state index in [1.165, 1.54) is 12.0 Å². The van der Waals surface area contributed by atoms with Crippen LogP contribution < -0.4 is 5.73 Å². The SMILES string of the molecule is COC(=O)CN(C(=O)C(N)CC(=O)O)C(C)C. The number of aliphatic carboxylic acids is 1. The largest absolute Gasteiger partial charge is 0.481 e. The molecule has 1 amide bonds. The minimum absolute atomic E-state index is 0.236. The van der Waals surface area contributed by atoms with Crippen LogP contribution >= 0.6 is 0 Å². The summed E-state index contributed by atoms with van der Waals surface area (Å²) in [5.74, 6) is -2.31. The first-order valence-corrected chi connectivity index (χ1v) is 5.14. The van der Waals surface area contributed by atoms with Crippen LogP contribution in [-0.4, -0.2) is 53.6 Å². The summed E-state index contributed by atoms with van der Waals surface area (Å²) < 4.78 is 4.45. The lowest BCUT2D eigenvalue weighted by molar-refractivity contribution is -0.149. The third-order valence-corrected chi connectivity index (χ3v) is 2.15. The fraction of sp³-hybridized carbons (Fsp3) is 0.700. The number of nitrogens with zero attached hydrogens (tertiary/aromatic N) is 1. The van der Waals surface area contributed by atoms with Gasteiger partial charge in [-0.25, -0.2) is 0 Å². The molecule has 0 saturated heterocycles. The second-order valence-electron chi connectivity index (χ2n) is 3.84. The van der Waals surface area contributed by atoms with Gasteiger partial charge in [0.2, 0.25) is 5.91 Å². The topological polar surface area (TPSA) is 110 Å². The summed E-state index contributed by atoms with van der Waals surface area (Å²) in [5, 5.41) is 8.54. The van der Waals surface area contributed by atoms with Crippen molar-refractivity contribution < 1.29 is 24.2 Å². The zero-order chi connectivity index (χ0) is 13.6. The molecule has 0 spiro atoms. The molecule has 0 rings (SSSR count). The summed E-state index contributed by atoms with van der Waals surface area (Å²) in [6.07, 6.45) is -0.469. The maximum absolute atomic E-state index is 11.8. The Kier molecular flexibility index (Phi) is 6.19. The van der Waals surface area contributed by atoms with Crippen LogP contribution in [0.5, 0.6) is 0 Å². The van der Waals surface area contributed by atoms with Crippen molar-refractivity contribution in [3.8, 4) is 0 Å². The molecule has 0 fully saturated rings. The molecule has 0 aliphatic heterocycles. The first kappa shape index (κ1) is 15.4. The van der Waals surface area contributed by atoms with Gasteiger partial charge in [0.15, 0.2) is 0 Å². The summed E-state index contributed by atoms with van der Waals surface area (Å²) in [4.78, 5) is 34.5. The Balaban J connectivity index is 4.64. The molecule has 0 aliphatic rings. The maximum atomic E-state index is 11.8. The van der Waals surface area contributed by atoms with E-state index in [1.54, 1.807) is 13.8 Å². The van der Waals surface area contributed by atoms with Crippen LogP contribution in [0.15, 0.2) is 0 Å². The predicted molar refractivity (Wildman–Crippen MR) is 59.1 cm³/mol. The zero-order valence-electron chi connectivity index (χ0n) is 10.2. The molecule has 0 saturated carbocycles. The van der Waals surface area contributed by atoms with Crippen LogP contribution in [0, 0.1) is 0 Å². The third-order valence-electron chi connectivity index (χ3n) is 2.15. The Morgan fingerprint density at radius 1 is 1.35 bits per heavy atom. The van der Waals surface area contributed by atoms with Gasteiger partial charge < -0.3 is 20.5 Å².